The molecule has 0 saturated heterocycles. The predicted octanol–water partition coefficient (Wildman–Crippen LogP) is 7.79. The molecule has 144 valence electrons. The highest BCUT2D eigenvalue weighted by Gasteiger charge is 2.30. The van der Waals surface area contributed by atoms with Crippen molar-refractivity contribution in [2.75, 3.05) is 0 Å². The van der Waals surface area contributed by atoms with Crippen molar-refractivity contribution in [3.63, 3.8) is 0 Å². The Morgan fingerprint density at radius 1 is 0.962 bits per heavy atom. The molecule has 1 aromatic rings. The molecule has 2 unspecified atom stereocenters. The van der Waals surface area contributed by atoms with E-state index < -0.39 is 11.6 Å². The molecule has 26 heavy (non-hydrogen) atoms. The molecule has 2 aliphatic carbocycles. The standard InChI is InChI=1S/C24H34F2/c1-2-3-7-18-10-12-20(13-11-18)22(16-19-8-5-4-6-9-19)21-14-15-23(25)24(26)17-21/h4-5,14-15,17-20,22H,2-3,6-13,16H2,1H3. The Balaban J connectivity index is 1.70. The van der Waals surface area contributed by atoms with Gasteiger partial charge in [-0.05, 0) is 79.9 Å². The van der Waals surface area contributed by atoms with Gasteiger partial charge in [-0.15, -0.1) is 0 Å². The highest BCUT2D eigenvalue weighted by atomic mass is 19.2. The fourth-order valence-corrected chi connectivity index (χ4v) is 5.15. The number of rotatable bonds is 7. The van der Waals surface area contributed by atoms with Gasteiger partial charge in [0.15, 0.2) is 11.6 Å². The van der Waals surface area contributed by atoms with Gasteiger partial charge in [0.2, 0.25) is 0 Å². The summed E-state index contributed by atoms with van der Waals surface area (Å²) in [6, 6.07) is 4.64. The first kappa shape index (κ1) is 19.6. The smallest absolute Gasteiger partial charge is 0.159 e. The first-order chi connectivity index (χ1) is 12.7. The predicted molar refractivity (Wildman–Crippen MR) is 105 cm³/mol. The van der Waals surface area contributed by atoms with Crippen LogP contribution in [0, 0.1) is 29.4 Å². The summed E-state index contributed by atoms with van der Waals surface area (Å²) >= 11 is 0. The average Bonchev–Trinajstić information content (AvgIpc) is 2.68. The second-order valence-corrected chi connectivity index (χ2v) is 8.59. The molecule has 0 aliphatic heterocycles. The van der Waals surface area contributed by atoms with Crippen molar-refractivity contribution in [2.45, 2.75) is 83.5 Å². The monoisotopic (exact) mass is 360 g/mol. The van der Waals surface area contributed by atoms with Crippen LogP contribution in [0.3, 0.4) is 0 Å². The second-order valence-electron chi connectivity index (χ2n) is 8.59. The molecule has 2 aliphatic rings. The Labute approximate surface area is 158 Å². The maximum Gasteiger partial charge on any atom is 0.159 e. The van der Waals surface area contributed by atoms with Gasteiger partial charge >= 0.3 is 0 Å². The van der Waals surface area contributed by atoms with Crippen molar-refractivity contribution in [3.05, 3.63) is 47.5 Å². The molecule has 2 atom stereocenters. The summed E-state index contributed by atoms with van der Waals surface area (Å²) in [7, 11) is 0. The molecule has 2 heteroatoms. The van der Waals surface area contributed by atoms with Crippen LogP contribution in [-0.2, 0) is 0 Å². The van der Waals surface area contributed by atoms with Crippen LogP contribution in [0.25, 0.3) is 0 Å². The first-order valence-electron chi connectivity index (χ1n) is 10.8. The maximum absolute atomic E-state index is 13.9. The fourth-order valence-electron chi connectivity index (χ4n) is 5.15. The van der Waals surface area contributed by atoms with Crippen molar-refractivity contribution < 1.29 is 8.78 Å². The normalized spacial score (nSPS) is 27.4. The summed E-state index contributed by atoms with van der Waals surface area (Å²) < 4.78 is 27.3. The minimum atomic E-state index is -0.726. The van der Waals surface area contributed by atoms with E-state index >= 15 is 0 Å². The van der Waals surface area contributed by atoms with E-state index in [1.165, 1.54) is 69.9 Å². The highest BCUT2D eigenvalue weighted by Crippen LogP contribution is 2.44. The molecule has 0 amide bonds. The molecule has 3 rings (SSSR count). The third-order valence-electron chi connectivity index (χ3n) is 6.76. The van der Waals surface area contributed by atoms with Crippen LogP contribution in [0.5, 0.6) is 0 Å². The van der Waals surface area contributed by atoms with Gasteiger partial charge in [-0.1, -0.05) is 57.2 Å². The van der Waals surface area contributed by atoms with E-state index in [1.54, 1.807) is 0 Å². The van der Waals surface area contributed by atoms with Crippen molar-refractivity contribution in [2.24, 2.45) is 17.8 Å². The van der Waals surface area contributed by atoms with Gasteiger partial charge in [-0.3, -0.25) is 0 Å². The number of benzene rings is 1. The number of hydrogen-bond acceptors (Lipinski definition) is 0. The average molecular weight is 361 g/mol. The molecule has 1 aromatic carbocycles. The molecule has 0 spiro atoms. The number of unbranched alkanes of at least 4 members (excludes halogenated alkanes) is 1. The van der Waals surface area contributed by atoms with E-state index in [2.05, 4.69) is 19.1 Å². The lowest BCUT2D eigenvalue weighted by Gasteiger charge is -2.36. The van der Waals surface area contributed by atoms with Gasteiger partial charge in [-0.25, -0.2) is 8.78 Å². The number of halogens is 2. The van der Waals surface area contributed by atoms with Crippen molar-refractivity contribution >= 4 is 0 Å². The third kappa shape index (κ3) is 5.18. The molecule has 0 bridgehead atoms. The third-order valence-corrected chi connectivity index (χ3v) is 6.76. The summed E-state index contributed by atoms with van der Waals surface area (Å²) in [6.07, 6.45) is 18.4. The van der Waals surface area contributed by atoms with E-state index in [4.69, 9.17) is 0 Å². The summed E-state index contributed by atoms with van der Waals surface area (Å²) in [5.74, 6) is 1.17. The van der Waals surface area contributed by atoms with Crippen molar-refractivity contribution in [3.8, 4) is 0 Å². The molecule has 0 aromatic heterocycles. The molecular formula is C24H34F2. The molecular weight excluding hydrogens is 326 g/mol. The van der Waals surface area contributed by atoms with Crippen LogP contribution >= 0.6 is 0 Å². The van der Waals surface area contributed by atoms with Crippen LogP contribution in [0.1, 0.15) is 89.0 Å². The summed E-state index contributed by atoms with van der Waals surface area (Å²) in [6.45, 7) is 2.27. The van der Waals surface area contributed by atoms with Crippen LogP contribution in [0.15, 0.2) is 30.4 Å². The van der Waals surface area contributed by atoms with Gasteiger partial charge in [-0.2, -0.15) is 0 Å². The SMILES string of the molecule is CCCCC1CCC(C(CC2CC=CCC2)c2ccc(F)c(F)c2)CC1. The summed E-state index contributed by atoms with van der Waals surface area (Å²) in [5, 5.41) is 0. The molecule has 0 radical (unpaired) electrons. The number of allylic oxidation sites excluding steroid dienone is 2. The van der Waals surface area contributed by atoms with Crippen molar-refractivity contribution in [1.29, 1.82) is 0 Å². The molecule has 0 heterocycles. The summed E-state index contributed by atoms with van der Waals surface area (Å²) in [4.78, 5) is 0. The van der Waals surface area contributed by atoms with Gasteiger partial charge in [0.25, 0.3) is 0 Å². The largest absolute Gasteiger partial charge is 0.204 e. The van der Waals surface area contributed by atoms with E-state index in [9.17, 15) is 8.78 Å². The Morgan fingerprint density at radius 3 is 2.42 bits per heavy atom. The Kier molecular flexibility index (Phi) is 7.28. The zero-order chi connectivity index (χ0) is 18.4. The Morgan fingerprint density at radius 2 is 1.77 bits per heavy atom. The quantitative estimate of drug-likeness (QED) is 0.435. The van der Waals surface area contributed by atoms with Crippen LogP contribution in [0.4, 0.5) is 8.78 Å². The van der Waals surface area contributed by atoms with E-state index in [0.717, 1.165) is 24.3 Å². The lowest BCUT2D eigenvalue weighted by atomic mass is 9.69. The van der Waals surface area contributed by atoms with Gasteiger partial charge in [0.1, 0.15) is 0 Å². The first-order valence-corrected chi connectivity index (χ1v) is 10.8. The van der Waals surface area contributed by atoms with Crippen LogP contribution < -0.4 is 0 Å². The zero-order valence-electron chi connectivity index (χ0n) is 16.2. The Bertz CT molecular complexity index is 584. The number of hydrogen-bond donors (Lipinski definition) is 0. The lowest BCUT2D eigenvalue weighted by Crippen LogP contribution is -2.23. The van der Waals surface area contributed by atoms with Crippen molar-refractivity contribution in [1.82, 2.24) is 0 Å². The van der Waals surface area contributed by atoms with Crippen LogP contribution in [-0.4, -0.2) is 0 Å². The van der Waals surface area contributed by atoms with Crippen LogP contribution in [0.2, 0.25) is 0 Å². The zero-order valence-corrected chi connectivity index (χ0v) is 16.2. The maximum atomic E-state index is 13.9. The van der Waals surface area contributed by atoms with Gasteiger partial charge < -0.3 is 0 Å². The molecule has 1 fully saturated rings. The topological polar surface area (TPSA) is 0 Å². The molecule has 0 N–H and O–H groups in total. The van der Waals surface area contributed by atoms with E-state index in [-0.39, 0.29) is 0 Å². The molecule has 1 saturated carbocycles. The minimum absolute atomic E-state index is 0.383. The molecule has 0 nitrogen and oxygen atoms in total. The van der Waals surface area contributed by atoms with Gasteiger partial charge in [0.05, 0.1) is 0 Å². The highest BCUT2D eigenvalue weighted by molar-refractivity contribution is 5.23. The minimum Gasteiger partial charge on any atom is -0.204 e. The Hall–Kier alpha value is -1.18. The van der Waals surface area contributed by atoms with E-state index in [0.29, 0.717) is 17.8 Å². The lowest BCUT2D eigenvalue weighted by molar-refractivity contribution is 0.210. The van der Waals surface area contributed by atoms with E-state index in [1.807, 2.05) is 6.07 Å². The second kappa shape index (κ2) is 9.67. The summed E-state index contributed by atoms with van der Waals surface area (Å²) in [5.41, 5.74) is 1.02. The fraction of sp³-hybridized carbons (Fsp3) is 0.667. The van der Waals surface area contributed by atoms with Gasteiger partial charge in [0, 0.05) is 0 Å².